The maximum atomic E-state index is 11.8. The van der Waals surface area contributed by atoms with Crippen LogP contribution >= 0.6 is 0 Å². The van der Waals surface area contributed by atoms with Crippen LogP contribution in [0.5, 0.6) is 0 Å². The third-order valence-electron chi connectivity index (χ3n) is 3.98. The van der Waals surface area contributed by atoms with Crippen molar-refractivity contribution in [3.05, 3.63) is 28.3 Å². The van der Waals surface area contributed by atoms with Crippen molar-refractivity contribution < 1.29 is 18.4 Å². The molecule has 1 saturated heterocycles. The molecule has 1 aliphatic rings. The largest absolute Gasteiger partial charge is 0.391 e. The molecule has 0 saturated carbocycles. The van der Waals surface area contributed by atoms with E-state index in [0.717, 1.165) is 12.5 Å². The quantitative estimate of drug-likeness (QED) is 0.621. The second-order valence-electron chi connectivity index (χ2n) is 5.39. The molecule has 9 heteroatoms. The number of hydrogen-bond acceptors (Lipinski definition) is 6. The molecule has 0 aromatic heterocycles. The lowest BCUT2D eigenvalue weighted by Crippen LogP contribution is -2.43. The van der Waals surface area contributed by atoms with Crippen LogP contribution in [-0.4, -0.2) is 44.7 Å². The number of nitro benzene ring substituents is 1. The zero-order valence-corrected chi connectivity index (χ0v) is 13.2. The number of rotatable bonds is 4. The molecule has 0 aliphatic carbocycles. The molecule has 8 nitrogen and oxygen atoms in total. The fourth-order valence-electron chi connectivity index (χ4n) is 2.47. The molecular formula is C13H19N3O5S. The number of piperidine rings is 1. The Morgan fingerprint density at radius 2 is 2.14 bits per heavy atom. The zero-order valence-electron chi connectivity index (χ0n) is 12.4. The summed E-state index contributed by atoms with van der Waals surface area (Å²) >= 11 is 0. The Morgan fingerprint density at radius 3 is 2.68 bits per heavy atom. The average molecular weight is 329 g/mol. The van der Waals surface area contributed by atoms with Crippen LogP contribution in [0.3, 0.4) is 0 Å². The first kappa shape index (κ1) is 16.7. The first-order chi connectivity index (χ1) is 10.3. The first-order valence-corrected chi connectivity index (χ1v) is 8.39. The molecule has 0 amide bonds. The smallest absolute Gasteiger partial charge is 0.293 e. The number of nitrogens with zero attached hydrogens (tertiary/aromatic N) is 2. The number of benzene rings is 1. The lowest BCUT2D eigenvalue weighted by molar-refractivity contribution is -0.384. The van der Waals surface area contributed by atoms with Gasteiger partial charge in [-0.25, -0.2) is 13.1 Å². The van der Waals surface area contributed by atoms with Crippen LogP contribution in [-0.2, 0) is 10.0 Å². The molecule has 1 aliphatic heterocycles. The minimum atomic E-state index is -3.74. The van der Waals surface area contributed by atoms with Crippen molar-refractivity contribution in [3.63, 3.8) is 0 Å². The van der Waals surface area contributed by atoms with Crippen LogP contribution in [0.1, 0.15) is 13.3 Å². The topological polar surface area (TPSA) is 113 Å². The standard InChI is InChI=1S/C13H19N3O5S/c1-9-5-6-15(8-13(9)17)11-4-3-10(22(20,21)14-2)7-12(11)16(18)19/h3-4,7,9,13-14,17H,5-6,8H2,1-2H3. The molecule has 2 N–H and O–H groups in total. The van der Waals surface area contributed by atoms with Gasteiger partial charge in [-0.3, -0.25) is 10.1 Å². The molecular weight excluding hydrogens is 310 g/mol. The van der Waals surface area contributed by atoms with Gasteiger partial charge in [0, 0.05) is 19.2 Å². The van der Waals surface area contributed by atoms with Crippen LogP contribution in [0.25, 0.3) is 0 Å². The summed E-state index contributed by atoms with van der Waals surface area (Å²) in [6, 6.07) is 3.80. The number of nitrogens with one attached hydrogen (secondary N) is 1. The van der Waals surface area contributed by atoms with E-state index in [1.54, 1.807) is 4.90 Å². The van der Waals surface area contributed by atoms with Gasteiger partial charge >= 0.3 is 0 Å². The Hall–Kier alpha value is -1.71. The highest BCUT2D eigenvalue weighted by atomic mass is 32.2. The van der Waals surface area contributed by atoms with Crippen LogP contribution in [0.4, 0.5) is 11.4 Å². The van der Waals surface area contributed by atoms with E-state index in [9.17, 15) is 23.6 Å². The predicted molar refractivity (Wildman–Crippen MR) is 81.3 cm³/mol. The third-order valence-corrected chi connectivity index (χ3v) is 5.39. The molecule has 1 aromatic rings. The third kappa shape index (κ3) is 3.21. The lowest BCUT2D eigenvalue weighted by Gasteiger charge is -2.35. The molecule has 22 heavy (non-hydrogen) atoms. The summed E-state index contributed by atoms with van der Waals surface area (Å²) in [6.07, 6.45) is 0.156. The molecule has 2 unspecified atom stereocenters. The van der Waals surface area contributed by atoms with E-state index in [1.807, 2.05) is 6.92 Å². The SMILES string of the molecule is CNS(=O)(=O)c1ccc(N2CCC(C)C(O)C2)c([N+](=O)[O-])c1. The number of nitro groups is 1. The van der Waals surface area contributed by atoms with Crippen molar-refractivity contribution in [2.45, 2.75) is 24.3 Å². The number of aliphatic hydroxyl groups excluding tert-OH is 1. The molecule has 122 valence electrons. The van der Waals surface area contributed by atoms with E-state index < -0.39 is 21.1 Å². The molecule has 2 rings (SSSR count). The minimum absolute atomic E-state index is 0.138. The lowest BCUT2D eigenvalue weighted by atomic mass is 9.95. The minimum Gasteiger partial charge on any atom is -0.391 e. The van der Waals surface area contributed by atoms with Gasteiger partial charge in [0.2, 0.25) is 10.0 Å². The van der Waals surface area contributed by atoms with Crippen molar-refractivity contribution in [2.75, 3.05) is 25.0 Å². The molecule has 2 atom stereocenters. The summed E-state index contributed by atoms with van der Waals surface area (Å²) in [4.78, 5) is 12.2. The fraction of sp³-hybridized carbons (Fsp3) is 0.538. The summed E-state index contributed by atoms with van der Waals surface area (Å²) in [7, 11) is -2.50. The Kier molecular flexibility index (Phi) is 4.69. The van der Waals surface area contributed by atoms with E-state index in [1.165, 1.54) is 19.2 Å². The molecule has 1 fully saturated rings. The second-order valence-corrected chi connectivity index (χ2v) is 7.28. The van der Waals surface area contributed by atoms with Crippen molar-refractivity contribution in [1.29, 1.82) is 0 Å². The van der Waals surface area contributed by atoms with E-state index in [4.69, 9.17) is 0 Å². The van der Waals surface area contributed by atoms with Crippen molar-refractivity contribution in [2.24, 2.45) is 5.92 Å². The van der Waals surface area contributed by atoms with E-state index in [0.29, 0.717) is 18.8 Å². The number of anilines is 1. The Balaban J connectivity index is 2.42. The van der Waals surface area contributed by atoms with Crippen molar-refractivity contribution in [3.8, 4) is 0 Å². The monoisotopic (exact) mass is 329 g/mol. The summed E-state index contributed by atoms with van der Waals surface area (Å²) in [5.41, 5.74) is 0.0454. The highest BCUT2D eigenvalue weighted by Gasteiger charge is 2.29. The highest BCUT2D eigenvalue weighted by Crippen LogP contribution is 2.33. The molecule has 0 bridgehead atoms. The first-order valence-electron chi connectivity index (χ1n) is 6.91. The van der Waals surface area contributed by atoms with Gasteiger partial charge in [0.1, 0.15) is 5.69 Å². The van der Waals surface area contributed by atoms with Gasteiger partial charge in [-0.05, 0) is 31.5 Å². The van der Waals surface area contributed by atoms with Gasteiger partial charge in [0.05, 0.1) is 15.9 Å². The van der Waals surface area contributed by atoms with E-state index in [-0.39, 0.29) is 16.5 Å². The second kappa shape index (κ2) is 6.19. The number of hydrogen-bond donors (Lipinski definition) is 2. The van der Waals surface area contributed by atoms with Gasteiger partial charge in [-0.15, -0.1) is 0 Å². The molecule has 0 radical (unpaired) electrons. The van der Waals surface area contributed by atoms with E-state index in [2.05, 4.69) is 4.72 Å². The predicted octanol–water partition coefficient (Wildman–Crippen LogP) is 0.710. The van der Waals surface area contributed by atoms with Crippen molar-refractivity contribution >= 4 is 21.4 Å². The van der Waals surface area contributed by atoms with Crippen LogP contribution in [0, 0.1) is 16.0 Å². The maximum Gasteiger partial charge on any atom is 0.293 e. The summed E-state index contributed by atoms with van der Waals surface area (Å²) in [5, 5.41) is 21.2. The zero-order chi connectivity index (χ0) is 16.5. The van der Waals surface area contributed by atoms with Gasteiger partial charge in [0.25, 0.3) is 5.69 Å². The number of aliphatic hydroxyl groups is 1. The van der Waals surface area contributed by atoms with Crippen LogP contribution < -0.4 is 9.62 Å². The van der Waals surface area contributed by atoms with Crippen LogP contribution in [0.2, 0.25) is 0 Å². The highest BCUT2D eigenvalue weighted by molar-refractivity contribution is 7.89. The van der Waals surface area contributed by atoms with E-state index >= 15 is 0 Å². The summed E-state index contributed by atoms with van der Waals surface area (Å²) in [5.74, 6) is 0.138. The summed E-state index contributed by atoms with van der Waals surface area (Å²) in [6.45, 7) is 2.80. The normalized spacial score (nSPS) is 22.6. The Labute approximate surface area is 128 Å². The molecule has 1 aromatic carbocycles. The Morgan fingerprint density at radius 1 is 1.45 bits per heavy atom. The van der Waals surface area contributed by atoms with Crippen molar-refractivity contribution in [1.82, 2.24) is 4.72 Å². The maximum absolute atomic E-state index is 11.8. The van der Waals surface area contributed by atoms with Gasteiger partial charge in [0.15, 0.2) is 0 Å². The van der Waals surface area contributed by atoms with Gasteiger partial charge in [-0.1, -0.05) is 6.92 Å². The Bertz CT molecular complexity index is 676. The number of β-amino-alcohol motifs (C(OH)–C–C–N with tert-alkyl or cyclic N) is 1. The van der Waals surface area contributed by atoms with Gasteiger partial charge < -0.3 is 10.0 Å². The molecule has 0 spiro atoms. The number of sulfonamides is 1. The molecule has 1 heterocycles. The fourth-order valence-corrected chi connectivity index (χ4v) is 3.22. The van der Waals surface area contributed by atoms with Crippen LogP contribution in [0.15, 0.2) is 23.1 Å². The average Bonchev–Trinajstić information content (AvgIpc) is 2.49. The van der Waals surface area contributed by atoms with Gasteiger partial charge in [-0.2, -0.15) is 0 Å². The summed E-state index contributed by atoms with van der Waals surface area (Å²) < 4.78 is 25.7.